The van der Waals surface area contributed by atoms with E-state index < -0.39 is 23.9 Å². The van der Waals surface area contributed by atoms with Crippen molar-refractivity contribution in [2.24, 2.45) is 0 Å². The van der Waals surface area contributed by atoms with Crippen molar-refractivity contribution in [3.05, 3.63) is 90.3 Å². The highest BCUT2D eigenvalue weighted by molar-refractivity contribution is 5.77. The summed E-state index contributed by atoms with van der Waals surface area (Å²) in [4.78, 5) is 22.3. The minimum Gasteiger partial charge on any atom is -0.368 e. The molecule has 0 saturated carbocycles. The van der Waals surface area contributed by atoms with Crippen molar-refractivity contribution in [2.75, 3.05) is 25.0 Å². The minimum atomic E-state index is -2.83. The fourth-order valence-electron chi connectivity index (χ4n) is 5.12. The van der Waals surface area contributed by atoms with Gasteiger partial charge < -0.3 is 15.4 Å². The molecular formula is C30H30F2N8O. The van der Waals surface area contributed by atoms with Crippen LogP contribution in [0.1, 0.15) is 43.6 Å². The van der Waals surface area contributed by atoms with E-state index in [1.165, 1.54) is 4.57 Å². The zero-order chi connectivity index (χ0) is 28.4. The van der Waals surface area contributed by atoms with Crippen LogP contribution >= 0.6 is 0 Å². The van der Waals surface area contributed by atoms with Crippen molar-refractivity contribution in [3.8, 4) is 17.1 Å². The van der Waals surface area contributed by atoms with Crippen molar-refractivity contribution in [3.63, 3.8) is 0 Å². The number of alkyl halides is 2. The standard InChI is InChI=1S/C30H30F2N8O/c1-30(2,17-20-7-3-4-8-21(20)19-11-13-33-14-12-19)39-28-36-26(24-18-34-15-16-41-24)37-29(38-28)40-23-10-6-5-9-22(23)35-27(40)25(31)32/h3-14,24-25,34H,15-18H2,1-2H3,(H,36,37,38,39). The highest BCUT2D eigenvalue weighted by atomic mass is 19.3. The Labute approximate surface area is 236 Å². The van der Waals surface area contributed by atoms with Crippen LogP contribution in [0.15, 0.2) is 73.1 Å². The van der Waals surface area contributed by atoms with Gasteiger partial charge in [0, 0.05) is 31.0 Å². The lowest BCUT2D eigenvalue weighted by molar-refractivity contribution is 0.0220. The predicted octanol–water partition coefficient (Wildman–Crippen LogP) is 5.30. The summed E-state index contributed by atoms with van der Waals surface area (Å²) in [5.41, 5.74) is 3.71. The molecule has 1 saturated heterocycles. The van der Waals surface area contributed by atoms with Gasteiger partial charge in [-0.25, -0.2) is 13.8 Å². The molecule has 1 aliphatic rings. The second-order valence-electron chi connectivity index (χ2n) is 10.6. The molecule has 6 rings (SSSR count). The Bertz CT molecular complexity index is 1650. The summed E-state index contributed by atoms with van der Waals surface area (Å²) in [5.74, 6) is 0.255. The number of para-hydroxylation sites is 2. The molecule has 0 amide bonds. The Morgan fingerprint density at radius 2 is 1.78 bits per heavy atom. The number of imidazole rings is 1. The Morgan fingerprint density at radius 3 is 2.56 bits per heavy atom. The van der Waals surface area contributed by atoms with Crippen LogP contribution in [0.4, 0.5) is 14.7 Å². The van der Waals surface area contributed by atoms with Crippen LogP contribution in [0.2, 0.25) is 0 Å². The maximum absolute atomic E-state index is 14.2. The van der Waals surface area contributed by atoms with Crippen molar-refractivity contribution < 1.29 is 13.5 Å². The third-order valence-electron chi connectivity index (χ3n) is 6.93. The molecule has 210 valence electrons. The van der Waals surface area contributed by atoms with Crippen molar-refractivity contribution in [2.45, 2.75) is 38.3 Å². The predicted molar refractivity (Wildman–Crippen MR) is 152 cm³/mol. The zero-order valence-electron chi connectivity index (χ0n) is 22.8. The number of benzene rings is 2. The largest absolute Gasteiger partial charge is 0.368 e. The molecular weight excluding hydrogens is 526 g/mol. The molecule has 9 nitrogen and oxygen atoms in total. The van der Waals surface area contributed by atoms with E-state index in [-0.39, 0.29) is 11.9 Å². The number of fused-ring (bicyclic) bond motifs is 1. The lowest BCUT2D eigenvalue weighted by Crippen LogP contribution is -2.36. The van der Waals surface area contributed by atoms with Gasteiger partial charge in [-0.2, -0.15) is 15.0 Å². The lowest BCUT2D eigenvalue weighted by Gasteiger charge is -2.29. The average Bonchev–Trinajstić information content (AvgIpc) is 3.38. The number of hydrogen-bond donors (Lipinski definition) is 2. The highest BCUT2D eigenvalue weighted by Crippen LogP contribution is 2.30. The van der Waals surface area contributed by atoms with Gasteiger partial charge in [0.05, 0.1) is 17.6 Å². The van der Waals surface area contributed by atoms with Gasteiger partial charge in [0.15, 0.2) is 11.6 Å². The molecule has 0 aliphatic carbocycles. The fraction of sp³-hybridized carbons (Fsp3) is 0.300. The molecule has 1 unspecified atom stereocenters. The monoisotopic (exact) mass is 556 g/mol. The summed E-state index contributed by atoms with van der Waals surface area (Å²) >= 11 is 0. The van der Waals surface area contributed by atoms with Gasteiger partial charge >= 0.3 is 0 Å². The zero-order valence-corrected chi connectivity index (χ0v) is 22.8. The molecule has 0 spiro atoms. The van der Waals surface area contributed by atoms with Crippen molar-refractivity contribution >= 4 is 17.0 Å². The fourth-order valence-corrected chi connectivity index (χ4v) is 5.12. The number of morpholine rings is 1. The van der Waals surface area contributed by atoms with E-state index in [1.807, 2.05) is 24.3 Å². The molecule has 1 aliphatic heterocycles. The quantitative estimate of drug-likeness (QED) is 0.265. The molecule has 1 atom stereocenters. The Kier molecular flexibility index (Phi) is 7.38. The topological polar surface area (TPSA) is 103 Å². The van der Waals surface area contributed by atoms with E-state index in [1.54, 1.807) is 36.7 Å². The highest BCUT2D eigenvalue weighted by Gasteiger charge is 2.28. The number of rotatable bonds is 8. The van der Waals surface area contributed by atoms with Crippen LogP contribution in [0, 0.1) is 0 Å². The molecule has 5 aromatic rings. The van der Waals surface area contributed by atoms with Crippen LogP contribution in [-0.2, 0) is 11.2 Å². The van der Waals surface area contributed by atoms with Gasteiger partial charge in [0.25, 0.3) is 6.43 Å². The first-order chi connectivity index (χ1) is 19.9. The third kappa shape index (κ3) is 5.77. The number of pyridine rings is 1. The number of ether oxygens (including phenoxy) is 1. The molecule has 2 aromatic carbocycles. The summed E-state index contributed by atoms with van der Waals surface area (Å²) in [6, 6.07) is 19.1. The molecule has 1 fully saturated rings. The van der Waals surface area contributed by atoms with E-state index in [9.17, 15) is 8.78 Å². The first kappa shape index (κ1) is 26.9. The van der Waals surface area contributed by atoms with E-state index in [0.717, 1.165) is 16.7 Å². The van der Waals surface area contributed by atoms with Gasteiger partial charge in [-0.15, -0.1) is 0 Å². The Hall–Kier alpha value is -4.35. The second-order valence-corrected chi connectivity index (χ2v) is 10.6. The molecule has 41 heavy (non-hydrogen) atoms. The molecule has 0 radical (unpaired) electrons. The number of nitrogens with one attached hydrogen (secondary N) is 2. The smallest absolute Gasteiger partial charge is 0.296 e. The van der Waals surface area contributed by atoms with Gasteiger partial charge in [-0.3, -0.25) is 9.55 Å². The maximum Gasteiger partial charge on any atom is 0.296 e. The van der Waals surface area contributed by atoms with Crippen LogP contribution < -0.4 is 10.6 Å². The Morgan fingerprint density at radius 1 is 1.00 bits per heavy atom. The molecule has 0 bridgehead atoms. The number of nitrogens with zero attached hydrogens (tertiary/aromatic N) is 6. The van der Waals surface area contributed by atoms with E-state index in [0.29, 0.717) is 43.0 Å². The van der Waals surface area contributed by atoms with Crippen molar-refractivity contribution in [1.29, 1.82) is 0 Å². The van der Waals surface area contributed by atoms with Gasteiger partial charge in [-0.1, -0.05) is 36.4 Å². The summed E-state index contributed by atoms with van der Waals surface area (Å²) < 4.78 is 35.6. The number of hydrogen-bond acceptors (Lipinski definition) is 8. The first-order valence-corrected chi connectivity index (χ1v) is 13.5. The summed E-state index contributed by atoms with van der Waals surface area (Å²) in [6.07, 6.45) is 0.914. The van der Waals surface area contributed by atoms with Crippen LogP contribution in [-0.4, -0.2) is 54.7 Å². The molecule has 2 N–H and O–H groups in total. The SMILES string of the molecule is CC(C)(Cc1ccccc1-c1ccncc1)Nc1nc(C2CNCCO2)nc(-n2c(C(F)F)nc3ccccc32)n1. The van der Waals surface area contributed by atoms with Crippen molar-refractivity contribution in [1.82, 2.24) is 34.8 Å². The molecule has 4 heterocycles. The summed E-state index contributed by atoms with van der Waals surface area (Å²) in [6.45, 7) is 5.80. The summed E-state index contributed by atoms with van der Waals surface area (Å²) in [7, 11) is 0. The van der Waals surface area contributed by atoms with Gasteiger partial charge in [-0.05, 0) is 61.2 Å². The van der Waals surface area contributed by atoms with Gasteiger partial charge in [0.1, 0.15) is 6.10 Å². The van der Waals surface area contributed by atoms with E-state index in [2.05, 4.69) is 56.5 Å². The minimum absolute atomic E-state index is 0.0589. The number of aromatic nitrogens is 6. The van der Waals surface area contributed by atoms with Crippen LogP contribution in [0.5, 0.6) is 0 Å². The third-order valence-corrected chi connectivity index (χ3v) is 6.93. The molecule has 3 aromatic heterocycles. The normalized spacial score (nSPS) is 15.9. The van der Waals surface area contributed by atoms with Crippen LogP contribution in [0.3, 0.4) is 0 Å². The average molecular weight is 557 g/mol. The summed E-state index contributed by atoms with van der Waals surface area (Å²) in [5, 5.41) is 6.73. The molecule has 11 heteroatoms. The second kappa shape index (κ2) is 11.3. The van der Waals surface area contributed by atoms with E-state index in [4.69, 9.17) is 9.72 Å². The van der Waals surface area contributed by atoms with Gasteiger partial charge in [0.2, 0.25) is 11.9 Å². The lowest BCUT2D eigenvalue weighted by atomic mass is 9.90. The van der Waals surface area contributed by atoms with E-state index >= 15 is 0 Å². The number of halogens is 2. The first-order valence-electron chi connectivity index (χ1n) is 13.5. The van der Waals surface area contributed by atoms with Crippen LogP contribution in [0.25, 0.3) is 28.1 Å². The Balaban J connectivity index is 1.40. The number of anilines is 1. The maximum atomic E-state index is 14.2.